The van der Waals surface area contributed by atoms with E-state index in [1.165, 1.54) is 11.0 Å². The normalized spacial score (nSPS) is 16.1. The molecule has 35 heavy (non-hydrogen) atoms. The van der Waals surface area contributed by atoms with Gasteiger partial charge in [0.05, 0.1) is 22.8 Å². The lowest BCUT2D eigenvalue weighted by molar-refractivity contribution is -0.117. The Hall–Kier alpha value is -3.59. The first-order valence-electron chi connectivity index (χ1n) is 11.6. The Labute approximate surface area is 201 Å². The number of nitrogens with zero attached hydrogens (tertiary/aromatic N) is 4. The van der Waals surface area contributed by atoms with Crippen LogP contribution >= 0.6 is 0 Å². The molecule has 7 nitrogen and oxygen atoms in total. The molecule has 4 aromatic rings. The van der Waals surface area contributed by atoms with Crippen molar-refractivity contribution in [3.05, 3.63) is 65.3 Å². The fourth-order valence-electron chi connectivity index (χ4n) is 4.94. The Morgan fingerprint density at radius 1 is 1.14 bits per heavy atom. The molecule has 1 aliphatic rings. The van der Waals surface area contributed by atoms with Gasteiger partial charge in [0.1, 0.15) is 11.6 Å². The van der Waals surface area contributed by atoms with E-state index in [9.17, 15) is 13.6 Å². The number of rotatable bonds is 7. The predicted octanol–water partition coefficient (Wildman–Crippen LogP) is 5.49. The van der Waals surface area contributed by atoms with E-state index in [1.54, 1.807) is 7.11 Å². The van der Waals surface area contributed by atoms with Crippen LogP contribution in [0.25, 0.3) is 22.2 Å². The van der Waals surface area contributed by atoms with Crippen molar-refractivity contribution in [1.29, 1.82) is 0 Å². The van der Waals surface area contributed by atoms with Gasteiger partial charge < -0.3 is 18.7 Å². The number of anilines is 1. The van der Waals surface area contributed by atoms with Gasteiger partial charge in [-0.3, -0.25) is 4.79 Å². The summed E-state index contributed by atoms with van der Waals surface area (Å²) in [6.45, 7) is 4.99. The summed E-state index contributed by atoms with van der Waals surface area (Å²) in [7, 11) is 1.66. The highest BCUT2D eigenvalue weighted by Gasteiger charge is 2.37. The summed E-state index contributed by atoms with van der Waals surface area (Å²) >= 11 is 0. The highest BCUT2D eigenvalue weighted by molar-refractivity contribution is 5.96. The van der Waals surface area contributed by atoms with E-state index < -0.39 is 17.7 Å². The topological polar surface area (TPSA) is 73.4 Å². The summed E-state index contributed by atoms with van der Waals surface area (Å²) in [4.78, 5) is 19.4. The highest BCUT2D eigenvalue weighted by atomic mass is 19.2. The molecular formula is C26H26F2N4O3. The molecule has 2 aromatic heterocycles. The average Bonchev–Trinajstić information content (AvgIpc) is 3.50. The first kappa shape index (κ1) is 23.2. The minimum Gasteiger partial charge on any atom is -0.385 e. The molecule has 1 aliphatic heterocycles. The molecule has 182 valence electrons. The largest absolute Gasteiger partial charge is 0.385 e. The minimum absolute atomic E-state index is 0.145. The van der Waals surface area contributed by atoms with Crippen molar-refractivity contribution < 1.29 is 22.8 Å². The van der Waals surface area contributed by atoms with E-state index in [2.05, 4.69) is 9.72 Å². The number of imidazole rings is 1. The van der Waals surface area contributed by atoms with Gasteiger partial charge in [0.25, 0.3) is 0 Å². The third-order valence-corrected chi connectivity index (χ3v) is 6.52. The molecule has 1 amide bonds. The zero-order valence-corrected chi connectivity index (χ0v) is 19.8. The second-order valence-corrected chi connectivity index (χ2v) is 8.79. The van der Waals surface area contributed by atoms with E-state index in [1.807, 2.05) is 32.0 Å². The maximum atomic E-state index is 14.0. The predicted molar refractivity (Wildman–Crippen MR) is 127 cm³/mol. The summed E-state index contributed by atoms with van der Waals surface area (Å²) in [5.74, 6) is -0.641. The second kappa shape index (κ2) is 9.22. The lowest BCUT2D eigenvalue weighted by atomic mass is 10.0. The fourth-order valence-corrected chi connectivity index (χ4v) is 4.94. The van der Waals surface area contributed by atoms with Crippen molar-refractivity contribution in [1.82, 2.24) is 14.7 Å². The van der Waals surface area contributed by atoms with Crippen LogP contribution in [0.2, 0.25) is 0 Å². The molecule has 1 fully saturated rings. The number of fused-ring (bicyclic) bond motifs is 1. The van der Waals surface area contributed by atoms with Crippen molar-refractivity contribution in [2.45, 2.75) is 45.7 Å². The minimum atomic E-state index is -0.987. The maximum absolute atomic E-state index is 14.0. The molecule has 1 atom stereocenters. The van der Waals surface area contributed by atoms with Crippen LogP contribution in [0.1, 0.15) is 42.6 Å². The van der Waals surface area contributed by atoms with Gasteiger partial charge in [0, 0.05) is 44.0 Å². The maximum Gasteiger partial charge on any atom is 0.227 e. The number of benzene rings is 2. The van der Waals surface area contributed by atoms with Crippen molar-refractivity contribution in [2.24, 2.45) is 0 Å². The lowest BCUT2D eigenvalue weighted by Gasteiger charge is -2.25. The van der Waals surface area contributed by atoms with Crippen LogP contribution in [0.15, 0.2) is 40.9 Å². The SMILES string of the molecule is COCCCn1c(C2CCC(=O)N2c2ccc(F)c(F)c2)nc2cc(-c3c(C)noc3C)ccc21. The van der Waals surface area contributed by atoms with Gasteiger partial charge in [-0.1, -0.05) is 11.2 Å². The number of carbonyl (C=O) groups excluding carboxylic acids is 1. The van der Waals surface area contributed by atoms with Crippen LogP contribution in [0, 0.1) is 25.5 Å². The fraction of sp³-hybridized carbons (Fsp3) is 0.346. The van der Waals surface area contributed by atoms with Gasteiger partial charge >= 0.3 is 0 Å². The molecule has 9 heteroatoms. The lowest BCUT2D eigenvalue weighted by Crippen LogP contribution is -2.29. The monoisotopic (exact) mass is 480 g/mol. The second-order valence-electron chi connectivity index (χ2n) is 8.79. The Bertz CT molecular complexity index is 1390. The van der Waals surface area contributed by atoms with Crippen LogP contribution in [0.5, 0.6) is 0 Å². The third-order valence-electron chi connectivity index (χ3n) is 6.52. The summed E-state index contributed by atoms with van der Waals surface area (Å²) in [6.07, 6.45) is 1.59. The Morgan fingerprint density at radius 2 is 1.97 bits per heavy atom. The molecule has 0 radical (unpaired) electrons. The van der Waals surface area contributed by atoms with E-state index >= 15 is 0 Å². The zero-order valence-electron chi connectivity index (χ0n) is 19.8. The number of aromatic nitrogens is 3. The summed E-state index contributed by atoms with van der Waals surface area (Å²) in [5.41, 5.74) is 4.70. The van der Waals surface area contributed by atoms with Crippen LogP contribution < -0.4 is 4.90 Å². The van der Waals surface area contributed by atoms with Crippen LogP contribution in [-0.2, 0) is 16.1 Å². The molecule has 0 saturated carbocycles. The number of amides is 1. The molecule has 0 spiro atoms. The first-order chi connectivity index (χ1) is 16.9. The standard InChI is InChI=1S/C26H26F2N4O3/c1-15-25(16(2)35-30-15)17-5-8-22-21(13-17)29-26(31(22)11-4-12-34-3)23-9-10-24(33)32(23)18-6-7-19(27)20(28)14-18/h5-8,13-14,23H,4,9-12H2,1-3H3. The van der Waals surface area contributed by atoms with Crippen molar-refractivity contribution in [3.63, 3.8) is 0 Å². The zero-order chi connectivity index (χ0) is 24.7. The highest BCUT2D eigenvalue weighted by Crippen LogP contribution is 2.39. The number of carbonyl (C=O) groups is 1. The summed E-state index contributed by atoms with van der Waals surface area (Å²) < 4.78 is 40.3. The van der Waals surface area contributed by atoms with Gasteiger partial charge in [0.15, 0.2) is 11.6 Å². The number of hydrogen-bond acceptors (Lipinski definition) is 5. The third kappa shape index (κ3) is 4.10. The van der Waals surface area contributed by atoms with Crippen LogP contribution in [0.3, 0.4) is 0 Å². The average molecular weight is 481 g/mol. The number of halogens is 2. The van der Waals surface area contributed by atoms with E-state index in [4.69, 9.17) is 14.2 Å². The van der Waals surface area contributed by atoms with Gasteiger partial charge in [-0.25, -0.2) is 13.8 Å². The smallest absolute Gasteiger partial charge is 0.227 e. The molecule has 3 heterocycles. The van der Waals surface area contributed by atoms with Crippen molar-refractivity contribution >= 4 is 22.6 Å². The first-order valence-corrected chi connectivity index (χ1v) is 11.6. The van der Waals surface area contributed by atoms with Gasteiger partial charge in [0.2, 0.25) is 5.91 Å². The Kier molecular flexibility index (Phi) is 6.10. The molecular weight excluding hydrogens is 454 g/mol. The van der Waals surface area contributed by atoms with Crippen molar-refractivity contribution in [2.75, 3.05) is 18.6 Å². The molecule has 1 saturated heterocycles. The van der Waals surface area contributed by atoms with E-state index in [0.717, 1.165) is 52.2 Å². The molecule has 2 aromatic carbocycles. The number of aryl methyl sites for hydroxylation is 3. The molecule has 0 N–H and O–H groups in total. The molecule has 5 rings (SSSR count). The number of methoxy groups -OCH3 is 1. The quantitative estimate of drug-likeness (QED) is 0.327. The Balaban J connectivity index is 1.62. The number of ether oxygens (including phenoxy) is 1. The van der Waals surface area contributed by atoms with E-state index in [-0.39, 0.29) is 5.91 Å². The van der Waals surface area contributed by atoms with Gasteiger partial charge in [-0.15, -0.1) is 0 Å². The summed E-state index contributed by atoms with van der Waals surface area (Å²) in [6, 6.07) is 9.17. The molecule has 0 aliphatic carbocycles. The number of hydrogen-bond donors (Lipinski definition) is 0. The Morgan fingerprint density at radius 3 is 2.69 bits per heavy atom. The molecule has 1 unspecified atom stereocenters. The van der Waals surface area contributed by atoms with Gasteiger partial charge in [-0.05, 0) is 56.5 Å². The van der Waals surface area contributed by atoms with E-state index in [0.29, 0.717) is 37.5 Å². The summed E-state index contributed by atoms with van der Waals surface area (Å²) in [5, 5.41) is 4.06. The van der Waals surface area contributed by atoms with Crippen LogP contribution in [0.4, 0.5) is 14.5 Å². The molecule has 0 bridgehead atoms. The van der Waals surface area contributed by atoms with Gasteiger partial charge in [-0.2, -0.15) is 0 Å². The van der Waals surface area contributed by atoms with Crippen LogP contribution in [-0.4, -0.2) is 34.3 Å². The van der Waals surface area contributed by atoms with Crippen molar-refractivity contribution in [3.8, 4) is 11.1 Å².